The van der Waals surface area contributed by atoms with Crippen molar-refractivity contribution in [2.24, 2.45) is 0 Å². The standard InChI is InChI=1S/C10H17N5O2/c1-3-7(2)14-8(16)4-5-11-10(17)9-12-6-13-15-9/h6-7H,3-5H2,1-2H3,(H,11,17)(H,14,16)(H,12,13,15). The van der Waals surface area contributed by atoms with Crippen LogP contribution in [0.25, 0.3) is 0 Å². The highest BCUT2D eigenvalue weighted by atomic mass is 16.2. The van der Waals surface area contributed by atoms with Gasteiger partial charge in [0.1, 0.15) is 6.33 Å². The van der Waals surface area contributed by atoms with Crippen molar-refractivity contribution in [1.82, 2.24) is 25.8 Å². The van der Waals surface area contributed by atoms with Crippen LogP contribution in [0, 0.1) is 0 Å². The van der Waals surface area contributed by atoms with Gasteiger partial charge in [-0.1, -0.05) is 6.92 Å². The van der Waals surface area contributed by atoms with Gasteiger partial charge in [-0.3, -0.25) is 14.7 Å². The molecule has 17 heavy (non-hydrogen) atoms. The quantitative estimate of drug-likeness (QED) is 0.642. The van der Waals surface area contributed by atoms with E-state index in [2.05, 4.69) is 25.8 Å². The summed E-state index contributed by atoms with van der Waals surface area (Å²) in [5, 5.41) is 11.4. The fourth-order valence-electron chi connectivity index (χ4n) is 1.14. The molecule has 1 rings (SSSR count). The first kappa shape index (κ1) is 13.1. The van der Waals surface area contributed by atoms with E-state index in [4.69, 9.17) is 0 Å². The first-order valence-electron chi connectivity index (χ1n) is 5.56. The summed E-state index contributed by atoms with van der Waals surface area (Å²) >= 11 is 0. The van der Waals surface area contributed by atoms with Gasteiger partial charge < -0.3 is 10.6 Å². The molecule has 94 valence electrons. The van der Waals surface area contributed by atoms with Crippen molar-refractivity contribution in [3.05, 3.63) is 12.2 Å². The lowest BCUT2D eigenvalue weighted by atomic mass is 10.2. The fourth-order valence-corrected chi connectivity index (χ4v) is 1.14. The SMILES string of the molecule is CCC(C)NC(=O)CCNC(=O)c1ncn[nH]1. The molecule has 1 heterocycles. The summed E-state index contributed by atoms with van der Waals surface area (Å²) in [5.41, 5.74) is 0. The molecule has 0 saturated heterocycles. The molecule has 0 spiro atoms. The monoisotopic (exact) mass is 239 g/mol. The van der Waals surface area contributed by atoms with Crippen LogP contribution in [0.3, 0.4) is 0 Å². The number of hydrogen-bond acceptors (Lipinski definition) is 4. The summed E-state index contributed by atoms with van der Waals surface area (Å²) in [6.45, 7) is 4.21. The van der Waals surface area contributed by atoms with Gasteiger partial charge in [0, 0.05) is 19.0 Å². The Bertz CT molecular complexity index is 363. The maximum absolute atomic E-state index is 11.4. The highest BCUT2D eigenvalue weighted by Crippen LogP contribution is 1.90. The summed E-state index contributed by atoms with van der Waals surface area (Å²) in [7, 11) is 0. The Morgan fingerprint density at radius 1 is 1.53 bits per heavy atom. The van der Waals surface area contributed by atoms with E-state index in [-0.39, 0.29) is 36.6 Å². The molecule has 0 aliphatic rings. The predicted octanol–water partition coefficient (Wildman–Crippen LogP) is -0.161. The lowest BCUT2D eigenvalue weighted by Gasteiger charge is -2.11. The molecule has 1 unspecified atom stereocenters. The van der Waals surface area contributed by atoms with E-state index in [9.17, 15) is 9.59 Å². The third-order valence-corrected chi connectivity index (χ3v) is 2.29. The number of nitrogens with one attached hydrogen (secondary N) is 3. The van der Waals surface area contributed by atoms with Crippen molar-refractivity contribution < 1.29 is 9.59 Å². The van der Waals surface area contributed by atoms with E-state index in [1.807, 2.05) is 13.8 Å². The van der Waals surface area contributed by atoms with Crippen LogP contribution in [-0.2, 0) is 4.79 Å². The minimum atomic E-state index is -0.362. The number of amides is 2. The van der Waals surface area contributed by atoms with Crippen molar-refractivity contribution in [3.8, 4) is 0 Å². The molecule has 2 amide bonds. The van der Waals surface area contributed by atoms with Gasteiger partial charge >= 0.3 is 0 Å². The third kappa shape index (κ3) is 4.62. The molecule has 0 aliphatic heterocycles. The molecule has 0 aromatic carbocycles. The summed E-state index contributed by atoms with van der Waals surface area (Å²) in [5.74, 6) is -0.289. The highest BCUT2D eigenvalue weighted by Gasteiger charge is 2.09. The lowest BCUT2D eigenvalue weighted by Crippen LogP contribution is -2.35. The van der Waals surface area contributed by atoms with Gasteiger partial charge in [-0.25, -0.2) is 4.98 Å². The number of rotatable bonds is 6. The Morgan fingerprint density at radius 2 is 2.29 bits per heavy atom. The Morgan fingerprint density at radius 3 is 2.88 bits per heavy atom. The molecular weight excluding hydrogens is 222 g/mol. The molecule has 1 aromatic rings. The van der Waals surface area contributed by atoms with Gasteiger partial charge in [-0.2, -0.15) is 5.10 Å². The molecule has 0 aliphatic carbocycles. The second kappa shape index (κ2) is 6.62. The van der Waals surface area contributed by atoms with Gasteiger partial charge in [0.15, 0.2) is 0 Å². The maximum atomic E-state index is 11.4. The Labute approximate surface area is 99.4 Å². The van der Waals surface area contributed by atoms with E-state index in [0.29, 0.717) is 0 Å². The molecule has 0 saturated carbocycles. The minimum absolute atomic E-state index is 0.0720. The second-order valence-electron chi connectivity index (χ2n) is 3.72. The molecule has 1 aromatic heterocycles. The molecule has 0 fully saturated rings. The van der Waals surface area contributed by atoms with Crippen molar-refractivity contribution in [1.29, 1.82) is 0 Å². The fraction of sp³-hybridized carbons (Fsp3) is 0.600. The smallest absolute Gasteiger partial charge is 0.288 e. The van der Waals surface area contributed by atoms with E-state index >= 15 is 0 Å². The van der Waals surface area contributed by atoms with Crippen molar-refractivity contribution in [3.63, 3.8) is 0 Å². The molecule has 3 N–H and O–H groups in total. The minimum Gasteiger partial charge on any atom is -0.354 e. The van der Waals surface area contributed by atoms with Crippen LogP contribution in [0.5, 0.6) is 0 Å². The Balaban J connectivity index is 2.20. The van der Waals surface area contributed by atoms with Gasteiger partial charge in [0.05, 0.1) is 0 Å². The zero-order chi connectivity index (χ0) is 12.7. The number of carbonyl (C=O) groups excluding carboxylic acids is 2. The molecule has 0 bridgehead atoms. The molecule has 1 atom stereocenters. The average molecular weight is 239 g/mol. The van der Waals surface area contributed by atoms with Gasteiger partial charge in [0.25, 0.3) is 5.91 Å². The van der Waals surface area contributed by atoms with E-state index in [1.165, 1.54) is 6.33 Å². The van der Waals surface area contributed by atoms with Gasteiger partial charge in [-0.05, 0) is 13.3 Å². The number of aromatic amines is 1. The number of nitrogens with zero attached hydrogens (tertiary/aromatic N) is 2. The highest BCUT2D eigenvalue weighted by molar-refractivity contribution is 5.90. The number of hydrogen-bond donors (Lipinski definition) is 3. The average Bonchev–Trinajstić information content (AvgIpc) is 2.82. The molecule has 7 nitrogen and oxygen atoms in total. The Kier molecular flexibility index (Phi) is 5.12. The summed E-state index contributed by atoms with van der Waals surface area (Å²) in [6.07, 6.45) is 2.39. The van der Waals surface area contributed by atoms with Crippen molar-refractivity contribution >= 4 is 11.8 Å². The third-order valence-electron chi connectivity index (χ3n) is 2.29. The van der Waals surface area contributed by atoms with E-state index in [1.54, 1.807) is 0 Å². The molecule has 0 radical (unpaired) electrons. The first-order valence-corrected chi connectivity index (χ1v) is 5.56. The van der Waals surface area contributed by atoms with Gasteiger partial charge in [-0.15, -0.1) is 0 Å². The summed E-state index contributed by atoms with van der Waals surface area (Å²) < 4.78 is 0. The normalized spacial score (nSPS) is 11.9. The van der Waals surface area contributed by atoms with Crippen molar-refractivity contribution in [2.45, 2.75) is 32.7 Å². The molecule has 7 heteroatoms. The number of carbonyl (C=O) groups is 2. The number of aromatic nitrogens is 3. The zero-order valence-electron chi connectivity index (χ0n) is 9.99. The first-order chi connectivity index (χ1) is 8.13. The van der Waals surface area contributed by atoms with Crippen LogP contribution in [0.15, 0.2) is 6.33 Å². The van der Waals surface area contributed by atoms with Crippen LogP contribution in [-0.4, -0.2) is 39.6 Å². The van der Waals surface area contributed by atoms with Crippen LogP contribution in [0.4, 0.5) is 0 Å². The topological polar surface area (TPSA) is 99.8 Å². The van der Waals surface area contributed by atoms with E-state index < -0.39 is 0 Å². The zero-order valence-corrected chi connectivity index (χ0v) is 9.99. The van der Waals surface area contributed by atoms with Crippen LogP contribution in [0.2, 0.25) is 0 Å². The van der Waals surface area contributed by atoms with Crippen LogP contribution >= 0.6 is 0 Å². The predicted molar refractivity (Wildman–Crippen MR) is 61.2 cm³/mol. The Hall–Kier alpha value is -1.92. The molecular formula is C10H17N5O2. The van der Waals surface area contributed by atoms with Crippen LogP contribution in [0.1, 0.15) is 37.3 Å². The largest absolute Gasteiger partial charge is 0.354 e. The lowest BCUT2D eigenvalue weighted by molar-refractivity contribution is -0.121. The van der Waals surface area contributed by atoms with Gasteiger partial charge in [0.2, 0.25) is 11.7 Å². The maximum Gasteiger partial charge on any atom is 0.288 e. The van der Waals surface area contributed by atoms with Crippen molar-refractivity contribution in [2.75, 3.05) is 6.54 Å². The number of H-pyrrole nitrogens is 1. The van der Waals surface area contributed by atoms with Crippen LogP contribution < -0.4 is 10.6 Å². The van der Waals surface area contributed by atoms with E-state index in [0.717, 1.165) is 6.42 Å². The summed E-state index contributed by atoms with van der Waals surface area (Å²) in [4.78, 5) is 26.5. The summed E-state index contributed by atoms with van der Waals surface area (Å²) in [6, 6.07) is 0.160. The second-order valence-corrected chi connectivity index (χ2v) is 3.72.